The van der Waals surface area contributed by atoms with E-state index in [0.29, 0.717) is 35.5 Å². The van der Waals surface area contributed by atoms with Crippen molar-refractivity contribution in [2.45, 2.75) is 18.8 Å². The molecular formula is C33H26O9. The molecule has 3 N–H and O–H groups in total. The number of rotatable bonds is 7. The van der Waals surface area contributed by atoms with Crippen molar-refractivity contribution in [1.82, 2.24) is 0 Å². The Morgan fingerprint density at radius 1 is 0.881 bits per heavy atom. The van der Waals surface area contributed by atoms with Crippen LogP contribution in [0.2, 0.25) is 0 Å². The summed E-state index contributed by atoms with van der Waals surface area (Å²) < 4.78 is 23.1. The molecule has 4 aromatic carbocycles. The smallest absolute Gasteiger partial charge is 0.312 e. The number of esters is 1. The van der Waals surface area contributed by atoms with Gasteiger partial charge in [-0.25, -0.2) is 0 Å². The highest BCUT2D eigenvalue weighted by Crippen LogP contribution is 2.48. The molecule has 5 aromatic rings. The zero-order valence-electron chi connectivity index (χ0n) is 22.5. The number of methoxy groups -OCH3 is 1. The van der Waals surface area contributed by atoms with Crippen LogP contribution >= 0.6 is 0 Å². The van der Waals surface area contributed by atoms with Crippen molar-refractivity contribution in [2.24, 2.45) is 0 Å². The van der Waals surface area contributed by atoms with Crippen LogP contribution in [-0.2, 0) is 11.2 Å². The van der Waals surface area contributed by atoms with Gasteiger partial charge >= 0.3 is 5.97 Å². The molecule has 0 amide bonds. The summed E-state index contributed by atoms with van der Waals surface area (Å²) in [6, 6.07) is 21.5. The Morgan fingerprint density at radius 3 is 2.43 bits per heavy atom. The second-order valence-electron chi connectivity index (χ2n) is 9.91. The predicted molar refractivity (Wildman–Crippen MR) is 154 cm³/mol. The molecule has 1 aliphatic rings. The first-order valence-corrected chi connectivity index (χ1v) is 13.2. The first-order chi connectivity index (χ1) is 20.3. The molecule has 0 radical (unpaired) electrons. The van der Waals surface area contributed by atoms with Crippen molar-refractivity contribution in [3.8, 4) is 45.8 Å². The summed E-state index contributed by atoms with van der Waals surface area (Å²) in [5.41, 5.74) is 2.01. The second kappa shape index (κ2) is 10.9. The van der Waals surface area contributed by atoms with E-state index < -0.39 is 23.1 Å². The lowest BCUT2D eigenvalue weighted by atomic mass is 9.84. The third-order valence-electron chi connectivity index (χ3n) is 7.29. The lowest BCUT2D eigenvalue weighted by Crippen LogP contribution is -2.22. The summed E-state index contributed by atoms with van der Waals surface area (Å²) in [6.45, 7) is 0.368. The molecule has 0 saturated carbocycles. The first kappa shape index (κ1) is 26.8. The number of ether oxygens (including phenoxy) is 3. The molecule has 0 unspecified atom stereocenters. The van der Waals surface area contributed by atoms with Gasteiger partial charge in [0, 0.05) is 41.2 Å². The summed E-state index contributed by atoms with van der Waals surface area (Å²) in [5.74, 6) is -0.751. The minimum absolute atomic E-state index is 0.0469. The number of benzene rings is 4. The highest BCUT2D eigenvalue weighted by molar-refractivity contribution is 5.93. The summed E-state index contributed by atoms with van der Waals surface area (Å²) in [6.07, 6.45) is 0.579. The molecule has 42 heavy (non-hydrogen) atoms. The van der Waals surface area contributed by atoms with Crippen molar-refractivity contribution >= 4 is 16.9 Å². The van der Waals surface area contributed by atoms with E-state index in [2.05, 4.69) is 0 Å². The zero-order chi connectivity index (χ0) is 29.4. The summed E-state index contributed by atoms with van der Waals surface area (Å²) in [4.78, 5) is 26.0. The van der Waals surface area contributed by atoms with Gasteiger partial charge in [-0.05, 0) is 42.0 Å². The van der Waals surface area contributed by atoms with E-state index in [1.165, 1.54) is 30.3 Å². The van der Waals surface area contributed by atoms with Gasteiger partial charge in [-0.1, -0.05) is 30.3 Å². The molecule has 1 atom stereocenters. The Labute approximate surface area is 239 Å². The molecule has 0 spiro atoms. The van der Waals surface area contributed by atoms with E-state index in [0.717, 1.165) is 11.3 Å². The molecule has 1 aromatic heterocycles. The van der Waals surface area contributed by atoms with Crippen LogP contribution < -0.4 is 19.6 Å². The highest BCUT2D eigenvalue weighted by atomic mass is 16.5. The van der Waals surface area contributed by atoms with E-state index in [4.69, 9.17) is 18.6 Å². The quantitative estimate of drug-likeness (QED) is 0.130. The monoisotopic (exact) mass is 566 g/mol. The van der Waals surface area contributed by atoms with Gasteiger partial charge in [-0.3, -0.25) is 9.59 Å². The molecular weight excluding hydrogens is 540 g/mol. The van der Waals surface area contributed by atoms with Crippen LogP contribution in [0.5, 0.6) is 34.5 Å². The lowest BCUT2D eigenvalue weighted by molar-refractivity contribution is -0.135. The Morgan fingerprint density at radius 2 is 1.67 bits per heavy atom. The SMILES string of the molecule is COc1ccc(CCOc2ccccc2[C@H]2CC(=O)Oc3cc(O)c4c(=O)cc(-c5ccc(O)c(O)c5)oc4c32)cc1. The Bertz CT molecular complexity index is 1870. The molecule has 9 heteroatoms. The van der Waals surface area contributed by atoms with Crippen molar-refractivity contribution in [1.29, 1.82) is 0 Å². The molecule has 0 bridgehead atoms. The number of carbonyl (C=O) groups is 1. The number of phenols is 3. The number of phenolic OH excluding ortho intramolecular Hbond substituents is 3. The summed E-state index contributed by atoms with van der Waals surface area (Å²) in [7, 11) is 1.61. The average Bonchev–Trinajstić information content (AvgIpc) is 2.98. The molecule has 0 saturated heterocycles. The minimum Gasteiger partial charge on any atom is -0.507 e. The van der Waals surface area contributed by atoms with E-state index in [-0.39, 0.29) is 40.4 Å². The normalized spacial score (nSPS) is 14.3. The number of para-hydroxylation sites is 1. The highest BCUT2D eigenvalue weighted by Gasteiger charge is 2.35. The summed E-state index contributed by atoms with van der Waals surface area (Å²) in [5, 5.41) is 30.4. The maximum atomic E-state index is 13.3. The molecule has 0 fully saturated rings. The van der Waals surface area contributed by atoms with Crippen LogP contribution in [0.3, 0.4) is 0 Å². The van der Waals surface area contributed by atoms with Gasteiger partial charge in [0.1, 0.15) is 39.7 Å². The second-order valence-corrected chi connectivity index (χ2v) is 9.91. The first-order valence-electron chi connectivity index (χ1n) is 13.2. The van der Waals surface area contributed by atoms with E-state index in [1.807, 2.05) is 48.5 Å². The third-order valence-corrected chi connectivity index (χ3v) is 7.29. The Balaban J connectivity index is 1.43. The number of fused-ring (bicyclic) bond motifs is 3. The van der Waals surface area contributed by atoms with Crippen LogP contribution in [0.15, 0.2) is 88.1 Å². The van der Waals surface area contributed by atoms with Gasteiger partial charge in [-0.15, -0.1) is 0 Å². The third kappa shape index (κ3) is 4.96. The van der Waals surface area contributed by atoms with Crippen molar-refractivity contribution in [3.63, 3.8) is 0 Å². The van der Waals surface area contributed by atoms with Gasteiger partial charge in [0.15, 0.2) is 16.9 Å². The van der Waals surface area contributed by atoms with Crippen molar-refractivity contribution in [2.75, 3.05) is 13.7 Å². The van der Waals surface area contributed by atoms with Crippen LogP contribution in [0.1, 0.15) is 29.0 Å². The van der Waals surface area contributed by atoms with Gasteiger partial charge in [0.05, 0.1) is 20.1 Å². The van der Waals surface area contributed by atoms with Gasteiger partial charge in [0.25, 0.3) is 0 Å². The number of carbonyl (C=O) groups excluding carboxylic acids is 1. The Hall–Kier alpha value is -5.44. The number of aromatic hydroxyl groups is 3. The van der Waals surface area contributed by atoms with Crippen molar-refractivity contribution < 1.29 is 38.7 Å². The summed E-state index contributed by atoms with van der Waals surface area (Å²) >= 11 is 0. The topological polar surface area (TPSA) is 136 Å². The van der Waals surface area contributed by atoms with Crippen LogP contribution in [0.4, 0.5) is 0 Å². The number of hydrogen-bond donors (Lipinski definition) is 3. The van der Waals surface area contributed by atoms with E-state index in [1.54, 1.807) is 7.11 Å². The van der Waals surface area contributed by atoms with Crippen LogP contribution in [0.25, 0.3) is 22.3 Å². The fourth-order valence-electron chi connectivity index (χ4n) is 5.21. The largest absolute Gasteiger partial charge is 0.507 e. The fourth-order valence-corrected chi connectivity index (χ4v) is 5.21. The zero-order valence-corrected chi connectivity index (χ0v) is 22.5. The fraction of sp³-hybridized carbons (Fsp3) is 0.152. The lowest BCUT2D eigenvalue weighted by Gasteiger charge is -2.27. The average molecular weight is 567 g/mol. The molecule has 2 heterocycles. The molecule has 0 aliphatic carbocycles. The molecule has 1 aliphatic heterocycles. The molecule has 6 rings (SSSR count). The molecule has 9 nitrogen and oxygen atoms in total. The maximum Gasteiger partial charge on any atom is 0.312 e. The Kier molecular flexibility index (Phi) is 6.92. The number of hydrogen-bond acceptors (Lipinski definition) is 9. The van der Waals surface area contributed by atoms with Crippen LogP contribution in [0, 0.1) is 0 Å². The van der Waals surface area contributed by atoms with Gasteiger partial charge in [0.2, 0.25) is 0 Å². The van der Waals surface area contributed by atoms with Crippen LogP contribution in [-0.4, -0.2) is 35.0 Å². The van der Waals surface area contributed by atoms with E-state index in [9.17, 15) is 24.9 Å². The standard InChI is InChI=1S/C33H26O9/c1-39-20-9-6-18(7-10-20)12-13-40-27-5-3-2-4-21(27)22-15-30(38)41-29-17-26(37)32-25(36)16-28(42-33(32)31(22)29)19-8-11-23(34)24(35)14-19/h2-11,14,16-17,22,34-35,37H,12-13,15H2,1H3/t22-/m1/s1. The maximum absolute atomic E-state index is 13.3. The van der Waals surface area contributed by atoms with Gasteiger partial charge in [-0.2, -0.15) is 0 Å². The molecule has 212 valence electrons. The predicted octanol–water partition coefficient (Wildman–Crippen LogP) is 5.65. The van der Waals surface area contributed by atoms with E-state index >= 15 is 0 Å². The van der Waals surface area contributed by atoms with Crippen molar-refractivity contribution in [3.05, 3.63) is 106 Å². The van der Waals surface area contributed by atoms with Gasteiger partial charge < -0.3 is 33.9 Å². The minimum atomic E-state index is -0.617.